The van der Waals surface area contributed by atoms with Gasteiger partial charge in [-0.1, -0.05) is 19.8 Å². The molecule has 1 rings (SSSR count). The molecular formula is C14H26O3. The van der Waals surface area contributed by atoms with Gasteiger partial charge in [0.05, 0.1) is 6.10 Å². The van der Waals surface area contributed by atoms with Crippen LogP contribution in [-0.4, -0.2) is 23.8 Å². The van der Waals surface area contributed by atoms with Crippen molar-refractivity contribution in [3.8, 4) is 0 Å². The molecule has 1 aliphatic carbocycles. The average Bonchev–Trinajstić information content (AvgIpc) is 2.33. The molecule has 0 aliphatic heterocycles. The molecule has 0 heterocycles. The lowest BCUT2D eigenvalue weighted by Gasteiger charge is -2.28. The fourth-order valence-corrected chi connectivity index (χ4v) is 2.52. The van der Waals surface area contributed by atoms with Crippen LogP contribution >= 0.6 is 0 Å². The highest BCUT2D eigenvalue weighted by atomic mass is 16.5. The van der Waals surface area contributed by atoms with Gasteiger partial charge in [-0.15, -0.1) is 0 Å². The van der Waals surface area contributed by atoms with E-state index in [9.17, 15) is 4.79 Å². The predicted molar refractivity (Wildman–Crippen MR) is 68.1 cm³/mol. The smallest absolute Gasteiger partial charge is 0.303 e. The van der Waals surface area contributed by atoms with Gasteiger partial charge in [-0.3, -0.25) is 4.79 Å². The fraction of sp³-hybridized carbons (Fsp3) is 0.929. The van der Waals surface area contributed by atoms with Gasteiger partial charge >= 0.3 is 5.97 Å². The van der Waals surface area contributed by atoms with Crippen LogP contribution in [0.15, 0.2) is 0 Å². The standard InChI is InChI=1S/C14H26O3/c1-2-3-4-11-17-13-8-5-12(6-9-13)7-10-14(15)16/h12-13H,2-11H2,1H3,(H,15,16). The molecule has 0 spiro atoms. The number of hydrogen-bond donors (Lipinski definition) is 1. The molecule has 1 aliphatic rings. The Hall–Kier alpha value is -0.570. The SMILES string of the molecule is CCCCCOC1CCC(CCC(=O)O)CC1. The predicted octanol–water partition coefficient (Wildman–Crippen LogP) is 3.62. The molecule has 0 unspecified atom stereocenters. The number of ether oxygens (including phenoxy) is 1. The molecule has 0 aromatic rings. The molecule has 0 aromatic carbocycles. The summed E-state index contributed by atoms with van der Waals surface area (Å²) < 4.78 is 5.84. The van der Waals surface area contributed by atoms with Crippen LogP contribution < -0.4 is 0 Å². The van der Waals surface area contributed by atoms with E-state index < -0.39 is 5.97 Å². The lowest BCUT2D eigenvalue weighted by molar-refractivity contribution is -0.137. The summed E-state index contributed by atoms with van der Waals surface area (Å²) in [7, 11) is 0. The molecule has 3 nitrogen and oxygen atoms in total. The third-order valence-electron chi connectivity index (χ3n) is 3.66. The van der Waals surface area contributed by atoms with Crippen LogP contribution in [0.5, 0.6) is 0 Å². The highest BCUT2D eigenvalue weighted by molar-refractivity contribution is 5.66. The minimum Gasteiger partial charge on any atom is -0.481 e. The van der Waals surface area contributed by atoms with Crippen LogP contribution in [0.2, 0.25) is 0 Å². The van der Waals surface area contributed by atoms with Crippen molar-refractivity contribution < 1.29 is 14.6 Å². The van der Waals surface area contributed by atoms with E-state index in [1.807, 2.05) is 0 Å². The van der Waals surface area contributed by atoms with E-state index in [1.165, 1.54) is 19.3 Å². The van der Waals surface area contributed by atoms with Crippen molar-refractivity contribution in [2.75, 3.05) is 6.61 Å². The van der Waals surface area contributed by atoms with E-state index in [1.54, 1.807) is 0 Å². The van der Waals surface area contributed by atoms with Gasteiger partial charge in [0, 0.05) is 13.0 Å². The first-order valence-electron chi connectivity index (χ1n) is 7.05. The molecule has 0 amide bonds. The van der Waals surface area contributed by atoms with Crippen molar-refractivity contribution in [3.63, 3.8) is 0 Å². The van der Waals surface area contributed by atoms with Crippen molar-refractivity contribution >= 4 is 5.97 Å². The van der Waals surface area contributed by atoms with Crippen molar-refractivity contribution in [2.24, 2.45) is 5.92 Å². The summed E-state index contributed by atoms with van der Waals surface area (Å²) in [6.45, 7) is 3.10. The topological polar surface area (TPSA) is 46.5 Å². The Kier molecular flexibility index (Phi) is 7.25. The second-order valence-electron chi connectivity index (χ2n) is 5.15. The lowest BCUT2D eigenvalue weighted by Crippen LogP contribution is -2.22. The van der Waals surface area contributed by atoms with E-state index in [-0.39, 0.29) is 0 Å². The first-order valence-corrected chi connectivity index (χ1v) is 7.05. The first-order chi connectivity index (χ1) is 8.22. The fourth-order valence-electron chi connectivity index (χ4n) is 2.52. The maximum absolute atomic E-state index is 10.5. The van der Waals surface area contributed by atoms with Gasteiger partial charge in [-0.05, 0) is 44.4 Å². The van der Waals surface area contributed by atoms with E-state index in [0.29, 0.717) is 18.4 Å². The average molecular weight is 242 g/mol. The summed E-state index contributed by atoms with van der Waals surface area (Å²) in [5, 5.41) is 8.64. The van der Waals surface area contributed by atoms with Gasteiger partial charge in [0.2, 0.25) is 0 Å². The minimum absolute atomic E-state index is 0.326. The summed E-state index contributed by atoms with van der Waals surface area (Å²) in [5.41, 5.74) is 0. The Balaban J connectivity index is 2.03. The highest BCUT2D eigenvalue weighted by Gasteiger charge is 2.21. The molecule has 1 N–H and O–H groups in total. The zero-order valence-corrected chi connectivity index (χ0v) is 11.0. The number of hydrogen-bond acceptors (Lipinski definition) is 2. The summed E-state index contributed by atoms with van der Waals surface area (Å²) in [6.07, 6.45) is 9.82. The van der Waals surface area contributed by atoms with E-state index >= 15 is 0 Å². The maximum Gasteiger partial charge on any atom is 0.303 e. The maximum atomic E-state index is 10.5. The molecule has 17 heavy (non-hydrogen) atoms. The Bertz CT molecular complexity index is 208. The second-order valence-corrected chi connectivity index (χ2v) is 5.15. The van der Waals surface area contributed by atoms with Gasteiger partial charge in [-0.2, -0.15) is 0 Å². The normalized spacial score (nSPS) is 24.8. The molecule has 0 aromatic heterocycles. The molecule has 1 saturated carbocycles. The summed E-state index contributed by atoms with van der Waals surface area (Å²) >= 11 is 0. The zero-order valence-electron chi connectivity index (χ0n) is 11.0. The third kappa shape index (κ3) is 6.67. The van der Waals surface area contributed by atoms with E-state index in [2.05, 4.69) is 6.92 Å². The van der Waals surface area contributed by atoms with E-state index in [4.69, 9.17) is 9.84 Å². The monoisotopic (exact) mass is 242 g/mol. The van der Waals surface area contributed by atoms with Gasteiger partial charge in [0.15, 0.2) is 0 Å². The van der Waals surface area contributed by atoms with Crippen molar-refractivity contribution in [1.29, 1.82) is 0 Å². The van der Waals surface area contributed by atoms with Gasteiger partial charge in [-0.25, -0.2) is 0 Å². The Labute approximate surface area is 105 Å². The zero-order chi connectivity index (χ0) is 12.5. The first kappa shape index (κ1) is 14.5. The van der Waals surface area contributed by atoms with Gasteiger partial charge < -0.3 is 9.84 Å². The van der Waals surface area contributed by atoms with Gasteiger partial charge in [0.25, 0.3) is 0 Å². The molecule has 1 fully saturated rings. The molecule has 0 radical (unpaired) electrons. The van der Waals surface area contributed by atoms with Crippen LogP contribution in [-0.2, 0) is 9.53 Å². The lowest BCUT2D eigenvalue weighted by atomic mass is 9.84. The van der Waals surface area contributed by atoms with E-state index in [0.717, 1.165) is 38.7 Å². The molecule has 0 bridgehead atoms. The van der Waals surface area contributed by atoms with Crippen LogP contribution in [0, 0.1) is 5.92 Å². The molecule has 0 saturated heterocycles. The van der Waals surface area contributed by atoms with Gasteiger partial charge in [0.1, 0.15) is 0 Å². The highest BCUT2D eigenvalue weighted by Crippen LogP contribution is 2.29. The van der Waals surface area contributed by atoms with Crippen LogP contribution in [0.4, 0.5) is 0 Å². The number of carboxylic acids is 1. The number of unbranched alkanes of at least 4 members (excludes halogenated alkanes) is 2. The quantitative estimate of drug-likeness (QED) is 0.661. The Morgan fingerprint density at radius 3 is 2.53 bits per heavy atom. The van der Waals surface area contributed by atoms with Crippen molar-refractivity contribution in [2.45, 2.75) is 70.8 Å². The number of aliphatic carboxylic acids is 1. The van der Waals surface area contributed by atoms with Crippen LogP contribution in [0.25, 0.3) is 0 Å². The summed E-state index contributed by atoms with van der Waals surface area (Å²) in [6, 6.07) is 0. The third-order valence-corrected chi connectivity index (χ3v) is 3.66. The molecule has 100 valence electrons. The van der Waals surface area contributed by atoms with Crippen LogP contribution in [0.3, 0.4) is 0 Å². The second kappa shape index (κ2) is 8.51. The van der Waals surface area contributed by atoms with Crippen LogP contribution in [0.1, 0.15) is 64.7 Å². The number of carboxylic acid groups (broad SMARTS) is 1. The number of carbonyl (C=O) groups is 1. The van der Waals surface area contributed by atoms with Crippen molar-refractivity contribution in [1.82, 2.24) is 0 Å². The minimum atomic E-state index is -0.664. The molecule has 3 heteroatoms. The molecular weight excluding hydrogens is 216 g/mol. The Morgan fingerprint density at radius 2 is 1.94 bits per heavy atom. The Morgan fingerprint density at radius 1 is 1.24 bits per heavy atom. The summed E-state index contributed by atoms with van der Waals surface area (Å²) in [4.78, 5) is 10.5. The summed E-state index contributed by atoms with van der Waals surface area (Å²) in [5.74, 6) is -0.0514. The largest absolute Gasteiger partial charge is 0.481 e. The molecule has 0 atom stereocenters. The number of rotatable bonds is 8. The van der Waals surface area contributed by atoms with Crippen molar-refractivity contribution in [3.05, 3.63) is 0 Å².